The van der Waals surface area contributed by atoms with E-state index in [4.69, 9.17) is 4.74 Å². The van der Waals surface area contributed by atoms with Crippen LogP contribution in [0.15, 0.2) is 12.2 Å². The standard InChI is InChI=1S/C12H18F3NO3/c13-12(14,15)9-19-6-2-4-11(17)16-7-10-3-1-5-18-8-10/h2,4,10H,1,3,5-9H2,(H,16,17)/b4-2+. The number of nitrogens with one attached hydrogen (secondary N) is 1. The molecular weight excluding hydrogens is 263 g/mol. The van der Waals surface area contributed by atoms with Crippen molar-refractivity contribution in [3.63, 3.8) is 0 Å². The maximum atomic E-state index is 11.7. The SMILES string of the molecule is O=C(/C=C/COCC(F)(F)F)NCC1CCCOC1. The molecule has 0 aromatic heterocycles. The monoisotopic (exact) mass is 281 g/mol. The van der Waals surface area contributed by atoms with Crippen molar-refractivity contribution in [2.75, 3.05) is 33.0 Å². The highest BCUT2D eigenvalue weighted by Crippen LogP contribution is 2.14. The average molecular weight is 281 g/mol. The Hall–Kier alpha value is -1.08. The number of halogens is 3. The third kappa shape index (κ3) is 8.61. The summed E-state index contributed by atoms with van der Waals surface area (Å²) in [5.74, 6) is -0.0197. The molecule has 1 N–H and O–H groups in total. The molecule has 0 saturated carbocycles. The quantitative estimate of drug-likeness (QED) is 0.595. The minimum Gasteiger partial charge on any atom is -0.381 e. The van der Waals surface area contributed by atoms with Crippen molar-refractivity contribution < 1.29 is 27.4 Å². The summed E-state index contributed by atoms with van der Waals surface area (Å²) >= 11 is 0. The molecule has 1 amide bonds. The van der Waals surface area contributed by atoms with Gasteiger partial charge in [0.25, 0.3) is 0 Å². The molecule has 0 spiro atoms. The van der Waals surface area contributed by atoms with Crippen molar-refractivity contribution in [1.82, 2.24) is 5.32 Å². The van der Waals surface area contributed by atoms with Gasteiger partial charge in [-0.2, -0.15) is 13.2 Å². The fourth-order valence-electron chi connectivity index (χ4n) is 1.67. The molecule has 7 heteroatoms. The molecule has 19 heavy (non-hydrogen) atoms. The summed E-state index contributed by atoms with van der Waals surface area (Å²) in [5.41, 5.74) is 0. The molecule has 1 rings (SSSR count). The second kappa shape index (κ2) is 8.16. The van der Waals surface area contributed by atoms with Crippen LogP contribution in [0.2, 0.25) is 0 Å². The minimum atomic E-state index is -4.34. The van der Waals surface area contributed by atoms with Crippen LogP contribution in [0.5, 0.6) is 0 Å². The molecule has 1 aliphatic rings. The first-order valence-corrected chi connectivity index (χ1v) is 6.14. The molecule has 1 heterocycles. The van der Waals surface area contributed by atoms with E-state index in [0.29, 0.717) is 19.1 Å². The molecule has 1 fully saturated rings. The van der Waals surface area contributed by atoms with Gasteiger partial charge in [0.1, 0.15) is 6.61 Å². The van der Waals surface area contributed by atoms with E-state index in [1.807, 2.05) is 0 Å². The van der Waals surface area contributed by atoms with E-state index in [2.05, 4.69) is 10.1 Å². The lowest BCUT2D eigenvalue weighted by atomic mass is 10.0. The molecule has 0 radical (unpaired) electrons. The van der Waals surface area contributed by atoms with Gasteiger partial charge in [0.05, 0.1) is 13.2 Å². The molecule has 0 aromatic carbocycles. The largest absolute Gasteiger partial charge is 0.411 e. The lowest BCUT2D eigenvalue weighted by Gasteiger charge is -2.21. The number of hydrogen-bond donors (Lipinski definition) is 1. The fraction of sp³-hybridized carbons (Fsp3) is 0.750. The highest BCUT2D eigenvalue weighted by molar-refractivity contribution is 5.87. The molecule has 1 saturated heterocycles. The van der Waals surface area contributed by atoms with Gasteiger partial charge in [-0.25, -0.2) is 0 Å². The molecule has 1 unspecified atom stereocenters. The first-order chi connectivity index (χ1) is 8.97. The Labute approximate surface area is 109 Å². The van der Waals surface area contributed by atoms with Gasteiger partial charge >= 0.3 is 6.18 Å². The zero-order valence-corrected chi connectivity index (χ0v) is 10.5. The summed E-state index contributed by atoms with van der Waals surface area (Å²) in [6, 6.07) is 0. The lowest BCUT2D eigenvalue weighted by molar-refractivity contribution is -0.171. The Morgan fingerprint density at radius 3 is 2.89 bits per heavy atom. The Bertz CT molecular complexity index is 299. The van der Waals surface area contributed by atoms with E-state index in [0.717, 1.165) is 19.4 Å². The average Bonchev–Trinajstić information content (AvgIpc) is 2.36. The lowest BCUT2D eigenvalue weighted by Crippen LogP contribution is -2.32. The smallest absolute Gasteiger partial charge is 0.381 e. The second-order valence-electron chi connectivity index (χ2n) is 4.36. The molecule has 1 aliphatic heterocycles. The number of amides is 1. The first kappa shape index (κ1) is 16.0. The van der Waals surface area contributed by atoms with Crippen molar-refractivity contribution in [2.24, 2.45) is 5.92 Å². The van der Waals surface area contributed by atoms with Crippen LogP contribution in [0, 0.1) is 5.92 Å². The van der Waals surface area contributed by atoms with Crippen LogP contribution in [0.25, 0.3) is 0 Å². The van der Waals surface area contributed by atoms with E-state index in [1.54, 1.807) is 0 Å². The van der Waals surface area contributed by atoms with Crippen LogP contribution in [-0.2, 0) is 14.3 Å². The Morgan fingerprint density at radius 2 is 2.26 bits per heavy atom. The van der Waals surface area contributed by atoms with Gasteiger partial charge in [-0.15, -0.1) is 0 Å². The molecule has 0 aromatic rings. The fourth-order valence-corrected chi connectivity index (χ4v) is 1.67. The summed E-state index contributed by atoms with van der Waals surface area (Å²) in [6.07, 6.45) is 0.107. The Morgan fingerprint density at radius 1 is 1.47 bits per heavy atom. The van der Waals surface area contributed by atoms with E-state index >= 15 is 0 Å². The Kier molecular flexibility index (Phi) is 6.86. The first-order valence-electron chi connectivity index (χ1n) is 6.14. The normalized spacial score (nSPS) is 20.7. The van der Waals surface area contributed by atoms with Crippen molar-refractivity contribution in [1.29, 1.82) is 0 Å². The summed E-state index contributed by atoms with van der Waals surface area (Å²) in [7, 11) is 0. The molecule has 4 nitrogen and oxygen atoms in total. The highest BCUT2D eigenvalue weighted by Gasteiger charge is 2.26. The van der Waals surface area contributed by atoms with Crippen LogP contribution in [0.4, 0.5) is 13.2 Å². The zero-order chi connectivity index (χ0) is 14.1. The van der Waals surface area contributed by atoms with Crippen molar-refractivity contribution >= 4 is 5.91 Å². The van der Waals surface area contributed by atoms with Gasteiger partial charge in [0.2, 0.25) is 5.91 Å². The van der Waals surface area contributed by atoms with Crippen molar-refractivity contribution in [3.05, 3.63) is 12.2 Å². The Balaban J connectivity index is 2.06. The minimum absolute atomic E-state index is 0.237. The summed E-state index contributed by atoms with van der Waals surface area (Å²) in [6.45, 7) is 0.379. The van der Waals surface area contributed by atoms with Crippen LogP contribution < -0.4 is 5.32 Å². The van der Waals surface area contributed by atoms with E-state index in [1.165, 1.54) is 12.2 Å². The van der Waals surface area contributed by atoms with E-state index in [9.17, 15) is 18.0 Å². The molecule has 0 bridgehead atoms. The zero-order valence-electron chi connectivity index (χ0n) is 10.5. The molecule has 1 atom stereocenters. The van der Waals surface area contributed by atoms with Gasteiger partial charge in [-0.05, 0) is 18.8 Å². The number of alkyl halides is 3. The maximum absolute atomic E-state index is 11.7. The number of hydrogen-bond acceptors (Lipinski definition) is 3. The number of carbonyl (C=O) groups is 1. The van der Waals surface area contributed by atoms with Crippen LogP contribution >= 0.6 is 0 Å². The van der Waals surface area contributed by atoms with Gasteiger partial charge in [-0.1, -0.05) is 6.08 Å². The van der Waals surface area contributed by atoms with Crippen molar-refractivity contribution in [3.8, 4) is 0 Å². The maximum Gasteiger partial charge on any atom is 0.411 e. The van der Waals surface area contributed by atoms with Gasteiger partial charge in [-0.3, -0.25) is 4.79 Å². The molecule has 110 valence electrons. The summed E-state index contributed by atoms with van der Waals surface area (Å²) < 4.78 is 44.8. The van der Waals surface area contributed by atoms with Crippen LogP contribution in [0.1, 0.15) is 12.8 Å². The summed E-state index contributed by atoms with van der Waals surface area (Å²) in [4.78, 5) is 11.3. The van der Waals surface area contributed by atoms with Crippen molar-refractivity contribution in [2.45, 2.75) is 19.0 Å². The molecule has 0 aliphatic carbocycles. The molecular formula is C12H18F3NO3. The van der Waals surface area contributed by atoms with Gasteiger partial charge in [0.15, 0.2) is 0 Å². The number of ether oxygens (including phenoxy) is 2. The third-order valence-electron chi connectivity index (χ3n) is 2.57. The number of carbonyl (C=O) groups excluding carboxylic acids is 1. The summed E-state index contributed by atoms with van der Waals surface area (Å²) in [5, 5.41) is 2.68. The van der Waals surface area contributed by atoms with Gasteiger partial charge < -0.3 is 14.8 Å². The predicted octanol–water partition coefficient (Wildman–Crippen LogP) is 1.66. The van der Waals surface area contributed by atoms with E-state index < -0.39 is 12.8 Å². The second-order valence-corrected chi connectivity index (χ2v) is 4.36. The number of rotatable bonds is 6. The topological polar surface area (TPSA) is 47.6 Å². The van der Waals surface area contributed by atoms with Gasteiger partial charge in [0, 0.05) is 19.2 Å². The predicted molar refractivity (Wildman–Crippen MR) is 62.6 cm³/mol. The van der Waals surface area contributed by atoms with E-state index in [-0.39, 0.29) is 12.5 Å². The van der Waals surface area contributed by atoms with Crippen LogP contribution in [0.3, 0.4) is 0 Å². The highest BCUT2D eigenvalue weighted by atomic mass is 19.4. The van der Waals surface area contributed by atoms with Crippen LogP contribution in [-0.4, -0.2) is 45.1 Å². The third-order valence-corrected chi connectivity index (χ3v) is 2.57.